The number of nitrogens with two attached hydrogens (primary N) is 1. The number of ether oxygens (including phenoxy) is 1. The number of anilines is 2. The number of carbonyl (C=O) groups excluding carboxylic acids is 1. The van der Waals surface area contributed by atoms with Gasteiger partial charge in [0, 0.05) is 32.1 Å². The summed E-state index contributed by atoms with van der Waals surface area (Å²) < 4.78 is 7.38. The molecule has 0 fully saturated rings. The molecule has 0 saturated carbocycles. The Morgan fingerprint density at radius 2 is 2.16 bits per heavy atom. The second kappa shape index (κ2) is 10.8. The average molecular weight is 442 g/mol. The first-order chi connectivity index (χ1) is 15.5. The molecule has 0 spiro atoms. The maximum atomic E-state index is 12.0. The van der Waals surface area contributed by atoms with Gasteiger partial charge in [0.1, 0.15) is 16.8 Å². The molecular formula is C22H31N7O3. The number of methoxy groups -OCH3 is 1. The van der Waals surface area contributed by atoms with Gasteiger partial charge in [-0.15, -0.1) is 0 Å². The number of nitrogen functional groups attached to an aromatic ring is 1. The number of hydrogen-bond acceptors (Lipinski definition) is 8. The summed E-state index contributed by atoms with van der Waals surface area (Å²) in [4.78, 5) is 22.3. The number of aliphatic hydroxyl groups is 1. The van der Waals surface area contributed by atoms with E-state index >= 15 is 0 Å². The zero-order valence-electron chi connectivity index (χ0n) is 18.8. The van der Waals surface area contributed by atoms with E-state index in [1.54, 1.807) is 25.3 Å². The average Bonchev–Trinajstić information content (AvgIpc) is 3.16. The van der Waals surface area contributed by atoms with Crippen LogP contribution in [0.2, 0.25) is 0 Å². The van der Waals surface area contributed by atoms with E-state index in [0.29, 0.717) is 24.4 Å². The minimum absolute atomic E-state index is 0.107. The van der Waals surface area contributed by atoms with Crippen LogP contribution in [-0.2, 0) is 17.9 Å². The van der Waals surface area contributed by atoms with Crippen molar-refractivity contribution in [1.29, 1.82) is 0 Å². The molecule has 32 heavy (non-hydrogen) atoms. The van der Waals surface area contributed by atoms with Crippen molar-refractivity contribution in [2.75, 3.05) is 38.4 Å². The molecule has 3 aromatic rings. The molecule has 4 N–H and O–H groups in total. The quantitative estimate of drug-likeness (QED) is 0.385. The van der Waals surface area contributed by atoms with Gasteiger partial charge in [0.05, 0.1) is 26.5 Å². The van der Waals surface area contributed by atoms with Crippen LogP contribution in [0.1, 0.15) is 37.3 Å². The predicted molar refractivity (Wildman–Crippen MR) is 123 cm³/mol. The second-order valence-electron chi connectivity index (χ2n) is 7.62. The highest BCUT2D eigenvalue weighted by Gasteiger charge is 2.16. The first kappa shape index (κ1) is 23.3. The van der Waals surface area contributed by atoms with E-state index in [9.17, 15) is 4.79 Å². The van der Waals surface area contributed by atoms with E-state index in [4.69, 9.17) is 15.6 Å². The second-order valence-corrected chi connectivity index (χ2v) is 7.62. The minimum Gasteiger partial charge on any atom is -0.496 e. The van der Waals surface area contributed by atoms with Crippen molar-refractivity contribution < 1.29 is 14.6 Å². The van der Waals surface area contributed by atoms with Crippen LogP contribution in [0.3, 0.4) is 0 Å². The van der Waals surface area contributed by atoms with Crippen LogP contribution < -0.4 is 15.8 Å². The van der Waals surface area contributed by atoms with E-state index < -0.39 is 0 Å². The SMILES string of the molecule is CCCCNc1nc(N)nc2cnn(Cc3cc(CN(C)C(=O)CCO)ccc3OC)c12. The summed E-state index contributed by atoms with van der Waals surface area (Å²) >= 11 is 0. The summed E-state index contributed by atoms with van der Waals surface area (Å²) in [5, 5.41) is 16.9. The molecule has 0 aliphatic rings. The van der Waals surface area contributed by atoms with E-state index in [2.05, 4.69) is 27.3 Å². The van der Waals surface area contributed by atoms with Crippen molar-refractivity contribution in [1.82, 2.24) is 24.6 Å². The summed E-state index contributed by atoms with van der Waals surface area (Å²) in [6, 6.07) is 5.81. The van der Waals surface area contributed by atoms with Gasteiger partial charge in [-0.05, 0) is 24.1 Å². The maximum Gasteiger partial charge on any atom is 0.224 e. The molecule has 2 aromatic heterocycles. The van der Waals surface area contributed by atoms with Gasteiger partial charge in [0.25, 0.3) is 0 Å². The smallest absolute Gasteiger partial charge is 0.224 e. The van der Waals surface area contributed by atoms with Crippen molar-refractivity contribution in [2.24, 2.45) is 0 Å². The highest BCUT2D eigenvalue weighted by Crippen LogP contribution is 2.26. The molecule has 172 valence electrons. The molecule has 1 aromatic carbocycles. The number of amides is 1. The van der Waals surface area contributed by atoms with Gasteiger partial charge >= 0.3 is 0 Å². The van der Waals surface area contributed by atoms with Crippen LogP contribution >= 0.6 is 0 Å². The number of aromatic nitrogens is 4. The van der Waals surface area contributed by atoms with Gasteiger partial charge in [0.15, 0.2) is 5.82 Å². The summed E-state index contributed by atoms with van der Waals surface area (Å²) in [6.45, 7) is 3.61. The molecule has 0 atom stereocenters. The molecule has 10 heteroatoms. The molecule has 0 radical (unpaired) electrons. The van der Waals surface area contributed by atoms with Crippen LogP contribution in [0.25, 0.3) is 11.0 Å². The van der Waals surface area contributed by atoms with Crippen LogP contribution in [0, 0.1) is 0 Å². The lowest BCUT2D eigenvalue weighted by Gasteiger charge is -2.18. The fourth-order valence-electron chi connectivity index (χ4n) is 3.51. The lowest BCUT2D eigenvalue weighted by molar-refractivity contribution is -0.131. The molecule has 3 rings (SSSR count). The Labute approximate surface area is 187 Å². The molecule has 1 amide bonds. The highest BCUT2D eigenvalue weighted by molar-refractivity contribution is 5.86. The van der Waals surface area contributed by atoms with Gasteiger partial charge in [0.2, 0.25) is 11.9 Å². The zero-order chi connectivity index (χ0) is 23.1. The topological polar surface area (TPSA) is 131 Å². The number of aliphatic hydroxyl groups excluding tert-OH is 1. The monoisotopic (exact) mass is 441 g/mol. The Hall–Kier alpha value is -3.40. The number of carbonyl (C=O) groups is 1. The number of nitrogens with one attached hydrogen (secondary N) is 1. The summed E-state index contributed by atoms with van der Waals surface area (Å²) in [5.41, 5.74) is 9.19. The van der Waals surface area contributed by atoms with Crippen LogP contribution in [0.5, 0.6) is 5.75 Å². The molecular weight excluding hydrogens is 410 g/mol. The summed E-state index contributed by atoms with van der Waals surface area (Å²) in [7, 11) is 3.34. The summed E-state index contributed by atoms with van der Waals surface area (Å²) in [5.74, 6) is 1.47. The Kier molecular flexibility index (Phi) is 7.82. The van der Waals surface area contributed by atoms with Gasteiger partial charge in [-0.2, -0.15) is 10.1 Å². The Bertz CT molecular complexity index is 1070. The molecule has 0 saturated heterocycles. The van der Waals surface area contributed by atoms with E-state index in [-0.39, 0.29) is 24.9 Å². The number of hydrogen-bond donors (Lipinski definition) is 3. The van der Waals surface area contributed by atoms with Gasteiger partial charge < -0.3 is 25.8 Å². The number of benzene rings is 1. The van der Waals surface area contributed by atoms with Crippen molar-refractivity contribution in [3.05, 3.63) is 35.5 Å². The molecule has 0 bridgehead atoms. The fourth-order valence-corrected chi connectivity index (χ4v) is 3.51. The minimum atomic E-state index is -0.162. The lowest BCUT2D eigenvalue weighted by atomic mass is 10.1. The number of fused-ring (bicyclic) bond motifs is 1. The Morgan fingerprint density at radius 1 is 1.34 bits per heavy atom. The van der Waals surface area contributed by atoms with E-state index in [0.717, 1.165) is 41.8 Å². The van der Waals surface area contributed by atoms with Gasteiger partial charge in [-0.25, -0.2) is 4.98 Å². The van der Waals surface area contributed by atoms with Crippen molar-refractivity contribution in [3.63, 3.8) is 0 Å². The molecule has 0 unspecified atom stereocenters. The van der Waals surface area contributed by atoms with Crippen molar-refractivity contribution >= 4 is 28.7 Å². The standard InChI is InChI=1S/C22H31N7O3/c1-4-5-9-24-21-20-17(26-22(23)27-21)12-25-29(20)14-16-11-15(6-7-18(16)32-3)13-28(2)19(31)8-10-30/h6-7,11-12,30H,4-5,8-10,13-14H2,1-3H3,(H3,23,24,26,27). The third kappa shape index (κ3) is 5.44. The van der Waals surface area contributed by atoms with E-state index in [1.807, 2.05) is 22.9 Å². The Balaban J connectivity index is 1.91. The molecule has 2 heterocycles. The van der Waals surface area contributed by atoms with E-state index in [1.165, 1.54) is 0 Å². The molecule has 10 nitrogen and oxygen atoms in total. The third-order valence-electron chi connectivity index (χ3n) is 5.16. The maximum absolute atomic E-state index is 12.0. The highest BCUT2D eigenvalue weighted by atomic mass is 16.5. The fraction of sp³-hybridized carbons (Fsp3) is 0.455. The number of nitrogens with zero attached hydrogens (tertiary/aromatic N) is 5. The van der Waals surface area contributed by atoms with Crippen LogP contribution in [0.15, 0.2) is 24.4 Å². The normalized spacial score (nSPS) is 11.0. The predicted octanol–water partition coefficient (Wildman–Crippen LogP) is 2.02. The zero-order valence-corrected chi connectivity index (χ0v) is 18.8. The lowest BCUT2D eigenvalue weighted by Crippen LogP contribution is -2.26. The molecule has 0 aliphatic heterocycles. The number of rotatable bonds is 11. The third-order valence-corrected chi connectivity index (χ3v) is 5.16. The Morgan fingerprint density at radius 3 is 2.88 bits per heavy atom. The van der Waals surface area contributed by atoms with Crippen molar-refractivity contribution in [3.8, 4) is 5.75 Å². The van der Waals surface area contributed by atoms with Gasteiger partial charge in [-0.1, -0.05) is 19.4 Å². The largest absolute Gasteiger partial charge is 0.496 e. The van der Waals surface area contributed by atoms with Crippen molar-refractivity contribution in [2.45, 2.75) is 39.3 Å². The van der Waals surface area contributed by atoms with Crippen LogP contribution in [0.4, 0.5) is 11.8 Å². The first-order valence-corrected chi connectivity index (χ1v) is 10.7. The first-order valence-electron chi connectivity index (χ1n) is 10.7. The number of unbranched alkanes of at least 4 members (excludes halogenated alkanes) is 1. The molecule has 0 aliphatic carbocycles. The van der Waals surface area contributed by atoms with Crippen LogP contribution in [-0.4, -0.2) is 63.0 Å². The summed E-state index contributed by atoms with van der Waals surface area (Å²) in [6.07, 6.45) is 3.86. The van der Waals surface area contributed by atoms with Gasteiger partial charge in [-0.3, -0.25) is 9.48 Å².